The number of aromatic hydroxyl groups is 1. The molecule has 126 valence electrons. The fourth-order valence-corrected chi connectivity index (χ4v) is 4.02. The molecule has 0 unspecified atom stereocenters. The van der Waals surface area contributed by atoms with Crippen LogP contribution in [0.25, 0.3) is 11.0 Å². The maximum atomic E-state index is 13.3. The van der Waals surface area contributed by atoms with E-state index in [1.165, 1.54) is 12.1 Å². The van der Waals surface area contributed by atoms with Crippen LogP contribution in [0.3, 0.4) is 0 Å². The molecule has 0 saturated carbocycles. The summed E-state index contributed by atoms with van der Waals surface area (Å²) < 4.78 is 6.37. The Morgan fingerprint density at radius 3 is 2.11 bits per heavy atom. The number of rotatable bonds is 4. The van der Waals surface area contributed by atoms with Crippen molar-refractivity contribution in [3.8, 4) is 5.75 Å². The maximum absolute atomic E-state index is 13.3. The summed E-state index contributed by atoms with van der Waals surface area (Å²) >= 11 is 6.40. The van der Waals surface area contributed by atoms with Gasteiger partial charge in [0.25, 0.3) is 0 Å². The number of aliphatic hydroxyl groups is 1. The highest BCUT2D eigenvalue weighted by atomic mass is 79.9. The number of fused-ring (bicyclic) bond motifs is 1. The molecule has 4 nitrogen and oxygen atoms in total. The molecule has 3 rings (SSSR count). The molecule has 8 radical (unpaired) electrons. The fourth-order valence-electron chi connectivity index (χ4n) is 2.83. The second kappa shape index (κ2) is 7.57. The molecule has 0 bridgehead atoms. The van der Waals surface area contributed by atoms with E-state index >= 15 is 0 Å². The second-order valence-electron chi connectivity index (χ2n) is 5.85. The Bertz CT molecular complexity index is 1070. The molecular weight excluding hydrogens is 471 g/mol. The molecule has 0 aliphatic rings. The number of hydrogen-bond acceptors (Lipinski definition) is 4. The maximum Gasteiger partial charge on any atom is 0.197 e. The van der Waals surface area contributed by atoms with E-state index in [-0.39, 0.29) is 68.5 Å². The Morgan fingerprint density at radius 2 is 1.56 bits per heavy atom. The van der Waals surface area contributed by atoms with Gasteiger partial charge in [-0.25, -0.2) is 0 Å². The quantitative estimate of drug-likeness (QED) is 0.395. The van der Waals surface area contributed by atoms with Gasteiger partial charge in [-0.3, -0.25) is 4.79 Å². The summed E-state index contributed by atoms with van der Waals surface area (Å²) in [6.07, 6.45) is 0.0644. The SMILES string of the molecule is [B]c1c([B])c([B])c2c(C(=O)c3cc(Br)c(O)c(Br)c3)c(CCO)oc2c1[B]. The van der Waals surface area contributed by atoms with Crippen LogP contribution in [-0.4, -0.2) is 54.0 Å². The van der Waals surface area contributed by atoms with E-state index in [9.17, 15) is 15.0 Å². The van der Waals surface area contributed by atoms with E-state index in [0.717, 1.165) is 0 Å². The van der Waals surface area contributed by atoms with Crippen molar-refractivity contribution in [2.45, 2.75) is 6.42 Å². The molecule has 0 atom stereocenters. The van der Waals surface area contributed by atoms with Gasteiger partial charge in [0, 0.05) is 17.4 Å². The Labute approximate surface area is 177 Å². The predicted molar refractivity (Wildman–Crippen MR) is 115 cm³/mol. The van der Waals surface area contributed by atoms with Crippen molar-refractivity contribution in [2.24, 2.45) is 0 Å². The lowest BCUT2D eigenvalue weighted by molar-refractivity contribution is 0.103. The van der Waals surface area contributed by atoms with Crippen LogP contribution < -0.4 is 21.9 Å². The van der Waals surface area contributed by atoms with Crippen LogP contribution in [0.4, 0.5) is 0 Å². The van der Waals surface area contributed by atoms with Crippen molar-refractivity contribution in [3.63, 3.8) is 0 Å². The number of halogens is 2. The number of furan rings is 1. The molecule has 1 heterocycles. The van der Waals surface area contributed by atoms with Gasteiger partial charge in [-0.2, -0.15) is 0 Å². The lowest BCUT2D eigenvalue weighted by atomic mass is 9.65. The molecular formula is C17H8B4Br2O4. The Hall–Kier alpha value is -1.37. The van der Waals surface area contributed by atoms with E-state index in [4.69, 9.17) is 35.8 Å². The summed E-state index contributed by atoms with van der Waals surface area (Å²) in [6, 6.07) is 2.92. The van der Waals surface area contributed by atoms with E-state index in [2.05, 4.69) is 31.9 Å². The van der Waals surface area contributed by atoms with Gasteiger partial charge in [0.15, 0.2) is 5.78 Å². The van der Waals surface area contributed by atoms with Crippen LogP contribution >= 0.6 is 31.9 Å². The summed E-state index contributed by atoms with van der Waals surface area (Å²) in [5, 5.41) is 19.5. The molecule has 0 spiro atoms. The monoisotopic (exact) mass is 478 g/mol. The van der Waals surface area contributed by atoms with Gasteiger partial charge in [0.2, 0.25) is 0 Å². The van der Waals surface area contributed by atoms with Crippen molar-refractivity contribution in [1.29, 1.82) is 0 Å². The second-order valence-corrected chi connectivity index (χ2v) is 7.56. The summed E-state index contributed by atoms with van der Waals surface area (Å²) in [4.78, 5) is 13.3. The number of phenols is 1. The molecule has 0 saturated heterocycles. The lowest BCUT2D eigenvalue weighted by Gasteiger charge is -2.13. The molecule has 3 aromatic rings. The number of carbonyl (C=O) groups is 1. The molecule has 1 aromatic heterocycles. The van der Waals surface area contributed by atoms with E-state index in [1.807, 2.05) is 0 Å². The Balaban J connectivity index is 2.36. The minimum Gasteiger partial charge on any atom is -0.506 e. The fraction of sp³-hybridized carbons (Fsp3) is 0.118. The molecule has 2 aromatic carbocycles. The van der Waals surface area contributed by atoms with Gasteiger partial charge in [0.1, 0.15) is 48.5 Å². The average Bonchev–Trinajstić information content (AvgIpc) is 3.01. The third kappa shape index (κ3) is 3.32. The lowest BCUT2D eigenvalue weighted by Crippen LogP contribution is -2.47. The predicted octanol–water partition coefficient (Wildman–Crippen LogP) is -0.396. The standard InChI is InChI=1S/C17H8B4Br2O4/c18-11-10-9(15(25)5-3-6(22)16(26)7(23)4-5)8(1-2-24)27-17(10)14(21)13(20)12(11)19/h3-4,24,26H,1-2H2. The van der Waals surface area contributed by atoms with E-state index in [1.54, 1.807) is 0 Å². The third-order valence-electron chi connectivity index (χ3n) is 4.21. The van der Waals surface area contributed by atoms with Crippen molar-refractivity contribution in [3.05, 3.63) is 38.0 Å². The zero-order valence-corrected chi connectivity index (χ0v) is 17.0. The van der Waals surface area contributed by atoms with Gasteiger partial charge >= 0.3 is 0 Å². The van der Waals surface area contributed by atoms with Crippen molar-refractivity contribution in [1.82, 2.24) is 0 Å². The molecule has 0 aliphatic heterocycles. The number of phenolic OH excluding ortho intramolecular Hbond substituents is 1. The zero-order valence-electron chi connectivity index (χ0n) is 13.8. The van der Waals surface area contributed by atoms with Gasteiger partial charge in [-0.05, 0) is 44.0 Å². The van der Waals surface area contributed by atoms with E-state index in [0.29, 0.717) is 8.95 Å². The summed E-state index contributed by atoms with van der Waals surface area (Å²) in [7, 11) is 23.9. The first-order valence-corrected chi connectivity index (χ1v) is 9.28. The molecule has 0 fully saturated rings. The van der Waals surface area contributed by atoms with Crippen LogP contribution in [0.1, 0.15) is 21.7 Å². The van der Waals surface area contributed by atoms with E-state index < -0.39 is 5.78 Å². The van der Waals surface area contributed by atoms with Crippen LogP contribution in [-0.2, 0) is 6.42 Å². The van der Waals surface area contributed by atoms with Crippen molar-refractivity contribution < 1.29 is 19.4 Å². The van der Waals surface area contributed by atoms with Gasteiger partial charge < -0.3 is 14.6 Å². The molecule has 0 aliphatic carbocycles. The van der Waals surface area contributed by atoms with Crippen molar-refractivity contribution >= 4 is 102 Å². The van der Waals surface area contributed by atoms with Crippen LogP contribution in [0.15, 0.2) is 25.5 Å². The zero-order chi connectivity index (χ0) is 20.0. The number of carbonyl (C=O) groups excluding carboxylic acids is 1. The average molecular weight is 479 g/mol. The van der Waals surface area contributed by atoms with Crippen molar-refractivity contribution in [2.75, 3.05) is 6.61 Å². The molecule has 10 heteroatoms. The van der Waals surface area contributed by atoms with Crippen LogP contribution in [0, 0.1) is 0 Å². The largest absolute Gasteiger partial charge is 0.506 e. The van der Waals surface area contributed by atoms with Crippen LogP contribution in [0.2, 0.25) is 0 Å². The highest BCUT2D eigenvalue weighted by Crippen LogP contribution is 2.35. The Morgan fingerprint density at radius 1 is 1.00 bits per heavy atom. The van der Waals surface area contributed by atoms with Gasteiger partial charge in [0.05, 0.1) is 21.1 Å². The smallest absolute Gasteiger partial charge is 0.197 e. The topological polar surface area (TPSA) is 70.7 Å². The highest BCUT2D eigenvalue weighted by molar-refractivity contribution is 9.11. The number of aliphatic hydroxyl groups excluding tert-OH is 1. The van der Waals surface area contributed by atoms with Gasteiger partial charge in [-0.15, -0.1) is 10.9 Å². The summed E-state index contributed by atoms with van der Waals surface area (Å²) in [6.45, 7) is -0.256. The first kappa shape index (κ1) is 20.4. The first-order chi connectivity index (χ1) is 12.7. The number of hydrogen-bond donors (Lipinski definition) is 2. The molecule has 27 heavy (non-hydrogen) atoms. The molecule has 2 N–H and O–H groups in total. The van der Waals surface area contributed by atoms with Gasteiger partial charge in [-0.1, -0.05) is 10.9 Å². The normalized spacial score (nSPS) is 11.2. The number of ketones is 1. The number of benzene rings is 2. The first-order valence-electron chi connectivity index (χ1n) is 7.69. The summed E-state index contributed by atoms with van der Waals surface area (Å²) in [5.41, 5.74) is 0.800. The minimum atomic E-state index is -0.436. The minimum absolute atomic E-state index is 0.0417. The summed E-state index contributed by atoms with van der Waals surface area (Å²) in [5.74, 6) is -0.268. The molecule has 0 amide bonds. The Kier molecular flexibility index (Phi) is 5.71. The third-order valence-corrected chi connectivity index (χ3v) is 5.42. The van der Waals surface area contributed by atoms with Crippen LogP contribution in [0.5, 0.6) is 5.75 Å². The highest BCUT2D eigenvalue weighted by Gasteiger charge is 2.26.